The fourth-order valence-corrected chi connectivity index (χ4v) is 3.25. The van der Waals surface area contributed by atoms with E-state index < -0.39 is 0 Å². The van der Waals surface area contributed by atoms with Crippen molar-refractivity contribution in [2.75, 3.05) is 6.61 Å². The molecule has 0 aromatic heterocycles. The van der Waals surface area contributed by atoms with Gasteiger partial charge in [0.15, 0.2) is 0 Å². The van der Waals surface area contributed by atoms with Crippen molar-refractivity contribution in [2.24, 2.45) is 5.73 Å². The Morgan fingerprint density at radius 1 is 1.33 bits per heavy atom. The van der Waals surface area contributed by atoms with E-state index in [4.69, 9.17) is 15.2 Å². The molecule has 2 aliphatic heterocycles. The molecule has 0 bridgehead atoms. The third-order valence-corrected chi connectivity index (χ3v) is 4.10. The molecule has 18 heavy (non-hydrogen) atoms. The molecule has 2 aliphatic rings. The maximum atomic E-state index is 6.35. The Morgan fingerprint density at radius 2 is 2.17 bits per heavy atom. The molecule has 3 heteroatoms. The fraction of sp³-hybridized carbons (Fsp3) is 0.600. The van der Waals surface area contributed by atoms with Crippen LogP contribution in [0.3, 0.4) is 0 Å². The van der Waals surface area contributed by atoms with Gasteiger partial charge in [0.1, 0.15) is 11.4 Å². The van der Waals surface area contributed by atoms with Crippen molar-refractivity contribution in [1.29, 1.82) is 0 Å². The van der Waals surface area contributed by atoms with Gasteiger partial charge in [-0.2, -0.15) is 0 Å². The van der Waals surface area contributed by atoms with Crippen molar-refractivity contribution in [3.05, 3.63) is 29.3 Å². The largest absolute Gasteiger partial charge is 0.487 e. The van der Waals surface area contributed by atoms with Crippen molar-refractivity contribution in [3.8, 4) is 5.75 Å². The highest BCUT2D eigenvalue weighted by atomic mass is 16.5. The van der Waals surface area contributed by atoms with E-state index in [1.54, 1.807) is 0 Å². The molecule has 3 atom stereocenters. The van der Waals surface area contributed by atoms with Gasteiger partial charge >= 0.3 is 0 Å². The molecule has 0 amide bonds. The van der Waals surface area contributed by atoms with Gasteiger partial charge in [-0.3, -0.25) is 0 Å². The normalized spacial score (nSPS) is 35.1. The lowest BCUT2D eigenvalue weighted by Crippen LogP contribution is -2.49. The molecule has 3 rings (SSSR count). The van der Waals surface area contributed by atoms with Crippen LogP contribution in [0.1, 0.15) is 43.4 Å². The Bertz CT molecular complexity index is 460. The minimum absolute atomic E-state index is 0.0824. The van der Waals surface area contributed by atoms with Crippen LogP contribution in [-0.4, -0.2) is 18.3 Å². The van der Waals surface area contributed by atoms with Crippen molar-refractivity contribution in [1.82, 2.24) is 0 Å². The van der Waals surface area contributed by atoms with Crippen molar-refractivity contribution < 1.29 is 9.47 Å². The molecule has 0 aliphatic carbocycles. The molecule has 1 fully saturated rings. The second-order valence-electron chi connectivity index (χ2n) is 5.77. The molecule has 2 heterocycles. The quantitative estimate of drug-likeness (QED) is 0.766. The number of hydrogen-bond donors (Lipinski definition) is 1. The molecule has 1 aromatic carbocycles. The highest BCUT2D eigenvalue weighted by molar-refractivity contribution is 5.41. The lowest BCUT2D eigenvalue weighted by atomic mass is 9.80. The van der Waals surface area contributed by atoms with E-state index in [1.807, 2.05) is 0 Å². The third kappa shape index (κ3) is 2.02. The van der Waals surface area contributed by atoms with Crippen LogP contribution >= 0.6 is 0 Å². The van der Waals surface area contributed by atoms with E-state index in [0.29, 0.717) is 0 Å². The van der Waals surface area contributed by atoms with Gasteiger partial charge in [-0.25, -0.2) is 0 Å². The molecule has 2 N–H and O–H groups in total. The first-order chi connectivity index (χ1) is 8.58. The lowest BCUT2D eigenvalue weighted by molar-refractivity contribution is -0.0949. The number of aryl methyl sites for hydroxylation is 1. The highest BCUT2D eigenvalue weighted by Crippen LogP contribution is 2.44. The number of nitrogens with two attached hydrogens (primary N) is 1. The SMILES string of the molecule is Cc1ccc2c(c1)[C@H](N)CC1(CCOC(C)C1)O2. The topological polar surface area (TPSA) is 44.5 Å². The number of ether oxygens (including phenoxy) is 2. The molecule has 1 saturated heterocycles. The second kappa shape index (κ2) is 4.25. The predicted molar refractivity (Wildman–Crippen MR) is 70.7 cm³/mol. The summed E-state index contributed by atoms with van der Waals surface area (Å²) in [5.41, 5.74) is 8.63. The second-order valence-corrected chi connectivity index (χ2v) is 5.77. The Morgan fingerprint density at radius 3 is 2.94 bits per heavy atom. The van der Waals surface area contributed by atoms with Crippen LogP contribution < -0.4 is 10.5 Å². The smallest absolute Gasteiger partial charge is 0.124 e. The Hall–Kier alpha value is -1.06. The maximum Gasteiger partial charge on any atom is 0.124 e. The molecule has 1 aromatic rings. The van der Waals surface area contributed by atoms with E-state index in [0.717, 1.165) is 37.2 Å². The minimum Gasteiger partial charge on any atom is -0.487 e. The minimum atomic E-state index is -0.112. The van der Waals surface area contributed by atoms with Crippen molar-refractivity contribution >= 4 is 0 Å². The zero-order chi connectivity index (χ0) is 12.8. The van der Waals surface area contributed by atoms with Gasteiger partial charge in [0.25, 0.3) is 0 Å². The summed E-state index contributed by atoms with van der Waals surface area (Å²) in [6.45, 7) is 4.98. The zero-order valence-electron chi connectivity index (χ0n) is 11.1. The van der Waals surface area contributed by atoms with Gasteiger partial charge < -0.3 is 15.2 Å². The van der Waals surface area contributed by atoms with Gasteiger partial charge in [-0.05, 0) is 19.9 Å². The van der Waals surface area contributed by atoms with Crippen molar-refractivity contribution in [2.45, 2.75) is 50.9 Å². The van der Waals surface area contributed by atoms with Crippen LogP contribution in [0.5, 0.6) is 5.75 Å². The third-order valence-electron chi connectivity index (χ3n) is 4.10. The van der Waals surface area contributed by atoms with Gasteiger partial charge in [0, 0.05) is 30.9 Å². The number of hydrogen-bond acceptors (Lipinski definition) is 3. The summed E-state index contributed by atoms with van der Waals surface area (Å²) < 4.78 is 11.9. The molecule has 3 nitrogen and oxygen atoms in total. The summed E-state index contributed by atoms with van der Waals surface area (Å²) in [5.74, 6) is 0.966. The summed E-state index contributed by atoms with van der Waals surface area (Å²) in [4.78, 5) is 0. The van der Waals surface area contributed by atoms with Gasteiger partial charge in [0.2, 0.25) is 0 Å². The van der Waals surface area contributed by atoms with Gasteiger partial charge in [-0.15, -0.1) is 0 Å². The zero-order valence-corrected chi connectivity index (χ0v) is 11.1. The predicted octanol–water partition coefficient (Wildman–Crippen LogP) is 2.72. The standard InChI is InChI=1S/C15H21NO2/c1-10-3-4-14-12(7-10)13(16)9-15(18-14)5-6-17-11(2)8-15/h3-4,7,11,13H,5-6,8-9,16H2,1-2H3/t11?,13-,15?/m1/s1. The number of fused-ring (bicyclic) bond motifs is 1. The van der Waals surface area contributed by atoms with Gasteiger partial charge in [0.05, 0.1) is 12.7 Å². The summed E-state index contributed by atoms with van der Waals surface area (Å²) in [6.07, 6.45) is 3.04. The molecule has 98 valence electrons. The first-order valence-corrected chi connectivity index (χ1v) is 6.75. The van der Waals surface area contributed by atoms with Crippen molar-refractivity contribution in [3.63, 3.8) is 0 Å². The first kappa shape index (κ1) is 12.0. The molecule has 0 radical (unpaired) electrons. The Kier molecular flexibility index (Phi) is 2.83. The number of benzene rings is 1. The van der Waals surface area contributed by atoms with E-state index in [9.17, 15) is 0 Å². The Balaban J connectivity index is 1.93. The van der Waals surface area contributed by atoms with Crippen LogP contribution in [0.2, 0.25) is 0 Å². The van der Waals surface area contributed by atoms with Crippen LogP contribution in [0.15, 0.2) is 18.2 Å². The monoisotopic (exact) mass is 247 g/mol. The summed E-state index contributed by atoms with van der Waals surface area (Å²) >= 11 is 0. The van der Waals surface area contributed by atoms with E-state index >= 15 is 0 Å². The molecule has 2 unspecified atom stereocenters. The molecular weight excluding hydrogens is 226 g/mol. The van der Waals surface area contributed by atoms with Crippen LogP contribution in [0, 0.1) is 6.92 Å². The molecule has 0 saturated carbocycles. The maximum absolute atomic E-state index is 6.35. The van der Waals surface area contributed by atoms with Crippen LogP contribution in [0.25, 0.3) is 0 Å². The molecule has 1 spiro atoms. The van der Waals surface area contributed by atoms with Crippen LogP contribution in [0.4, 0.5) is 0 Å². The average molecular weight is 247 g/mol. The summed E-state index contributed by atoms with van der Waals surface area (Å²) in [5, 5.41) is 0. The summed E-state index contributed by atoms with van der Waals surface area (Å²) in [6, 6.07) is 6.38. The first-order valence-electron chi connectivity index (χ1n) is 6.75. The fourth-order valence-electron chi connectivity index (χ4n) is 3.25. The lowest BCUT2D eigenvalue weighted by Gasteiger charge is -2.45. The average Bonchev–Trinajstić information content (AvgIpc) is 2.30. The van der Waals surface area contributed by atoms with E-state index in [1.165, 1.54) is 5.56 Å². The molecular formula is C15H21NO2. The summed E-state index contributed by atoms with van der Waals surface area (Å²) in [7, 11) is 0. The Labute approximate surface area is 108 Å². The van der Waals surface area contributed by atoms with E-state index in [-0.39, 0.29) is 17.7 Å². The van der Waals surface area contributed by atoms with Gasteiger partial charge in [-0.1, -0.05) is 17.7 Å². The number of rotatable bonds is 0. The van der Waals surface area contributed by atoms with E-state index in [2.05, 4.69) is 32.0 Å². The van der Waals surface area contributed by atoms with Crippen LogP contribution in [-0.2, 0) is 4.74 Å². The highest BCUT2D eigenvalue weighted by Gasteiger charge is 2.43.